The summed E-state index contributed by atoms with van der Waals surface area (Å²) in [5.74, 6) is -0.501. The van der Waals surface area contributed by atoms with E-state index in [1.54, 1.807) is 12.1 Å². The summed E-state index contributed by atoms with van der Waals surface area (Å²) in [4.78, 5) is 0.258. The molecule has 5 heteroatoms. The van der Waals surface area contributed by atoms with Crippen molar-refractivity contribution < 1.29 is 4.39 Å². The fraction of sp³-hybridized carbons (Fsp3) is 0.0714. The lowest BCUT2D eigenvalue weighted by Gasteiger charge is -2.13. The lowest BCUT2D eigenvalue weighted by molar-refractivity contribution is 0.632. The van der Waals surface area contributed by atoms with Gasteiger partial charge in [0.25, 0.3) is 0 Å². The molecule has 2 aromatic rings. The Morgan fingerprint density at radius 1 is 1.26 bits per heavy atom. The number of nitrogens with one attached hydrogen (secondary N) is 1. The average Bonchev–Trinajstić information content (AvgIpc) is 2.36. The highest BCUT2D eigenvalue weighted by Crippen LogP contribution is 2.27. The summed E-state index contributed by atoms with van der Waals surface area (Å²) >= 11 is 10.7. The van der Waals surface area contributed by atoms with Gasteiger partial charge in [0, 0.05) is 11.3 Å². The molecule has 19 heavy (non-hydrogen) atoms. The minimum absolute atomic E-state index is 0.0639. The maximum absolute atomic E-state index is 13.8. The first kappa shape index (κ1) is 13.8. The van der Waals surface area contributed by atoms with E-state index in [2.05, 4.69) is 5.32 Å². The molecule has 0 unspecified atom stereocenters. The Morgan fingerprint density at radius 3 is 2.68 bits per heavy atom. The predicted molar refractivity (Wildman–Crippen MR) is 81.8 cm³/mol. The second-order valence-corrected chi connectivity index (χ2v) is 4.99. The van der Waals surface area contributed by atoms with Gasteiger partial charge in [0.1, 0.15) is 4.99 Å². The molecule has 0 atom stereocenters. The van der Waals surface area contributed by atoms with Crippen LogP contribution >= 0.6 is 23.8 Å². The van der Waals surface area contributed by atoms with Crippen LogP contribution in [0.15, 0.2) is 36.4 Å². The highest BCUT2D eigenvalue weighted by Gasteiger charge is 2.10. The van der Waals surface area contributed by atoms with Crippen molar-refractivity contribution in [2.24, 2.45) is 5.73 Å². The number of hydrogen-bond donors (Lipinski definition) is 2. The molecule has 3 N–H and O–H groups in total. The van der Waals surface area contributed by atoms with E-state index in [1.165, 1.54) is 6.07 Å². The highest BCUT2D eigenvalue weighted by molar-refractivity contribution is 7.80. The van der Waals surface area contributed by atoms with Crippen molar-refractivity contribution in [1.82, 2.24) is 0 Å². The zero-order valence-electron chi connectivity index (χ0n) is 10.2. The summed E-state index contributed by atoms with van der Waals surface area (Å²) in [6, 6.07) is 10.3. The third-order valence-corrected chi connectivity index (χ3v) is 3.17. The average molecular weight is 295 g/mol. The fourth-order valence-electron chi connectivity index (χ4n) is 1.72. The van der Waals surface area contributed by atoms with E-state index in [4.69, 9.17) is 29.6 Å². The molecule has 0 aliphatic heterocycles. The van der Waals surface area contributed by atoms with E-state index in [9.17, 15) is 4.39 Å². The standard InChI is InChI=1S/C14H12ClFN2S/c1-8-5-6-11(9(7-8)14(17)19)18-12-4-2-3-10(15)13(12)16/h2-7,18H,1H3,(H2,17,19). The molecule has 98 valence electrons. The summed E-state index contributed by atoms with van der Waals surface area (Å²) in [5.41, 5.74) is 8.32. The maximum Gasteiger partial charge on any atom is 0.165 e. The zero-order valence-corrected chi connectivity index (χ0v) is 11.8. The molecular weight excluding hydrogens is 283 g/mol. The van der Waals surface area contributed by atoms with E-state index in [1.807, 2.05) is 25.1 Å². The van der Waals surface area contributed by atoms with Crippen LogP contribution in [0.25, 0.3) is 0 Å². The van der Waals surface area contributed by atoms with Crippen LogP contribution in [-0.4, -0.2) is 4.99 Å². The van der Waals surface area contributed by atoms with Crippen LogP contribution in [0.3, 0.4) is 0 Å². The summed E-state index contributed by atoms with van der Waals surface area (Å²) in [7, 11) is 0. The highest BCUT2D eigenvalue weighted by atomic mass is 35.5. The molecule has 0 aliphatic carbocycles. The van der Waals surface area contributed by atoms with Crippen LogP contribution in [0.2, 0.25) is 5.02 Å². The molecule has 2 nitrogen and oxygen atoms in total. The molecule has 2 rings (SSSR count). The number of hydrogen-bond acceptors (Lipinski definition) is 2. The second-order valence-electron chi connectivity index (χ2n) is 4.14. The Bertz CT molecular complexity index is 643. The predicted octanol–water partition coefficient (Wildman–Crippen LogP) is 4.17. The van der Waals surface area contributed by atoms with Crippen molar-refractivity contribution in [3.63, 3.8) is 0 Å². The molecule has 2 aromatic carbocycles. The van der Waals surface area contributed by atoms with Crippen LogP contribution in [0.4, 0.5) is 15.8 Å². The van der Waals surface area contributed by atoms with Crippen LogP contribution in [0.5, 0.6) is 0 Å². The van der Waals surface area contributed by atoms with Gasteiger partial charge in [0.05, 0.1) is 10.7 Å². The van der Waals surface area contributed by atoms with Crippen molar-refractivity contribution in [3.8, 4) is 0 Å². The Kier molecular flexibility index (Phi) is 4.02. The van der Waals surface area contributed by atoms with Crippen LogP contribution < -0.4 is 11.1 Å². The molecule has 0 aromatic heterocycles. The minimum atomic E-state index is -0.501. The molecule has 0 fully saturated rings. The Hall–Kier alpha value is -1.65. The third-order valence-electron chi connectivity index (χ3n) is 2.66. The van der Waals surface area contributed by atoms with Crippen molar-refractivity contribution >= 4 is 40.2 Å². The number of benzene rings is 2. The quantitative estimate of drug-likeness (QED) is 0.835. The van der Waals surface area contributed by atoms with E-state index in [0.29, 0.717) is 11.3 Å². The molecule has 0 saturated carbocycles. The maximum atomic E-state index is 13.8. The Labute approximate surface area is 121 Å². The molecule has 0 spiro atoms. The van der Waals surface area contributed by atoms with Gasteiger partial charge >= 0.3 is 0 Å². The smallest absolute Gasteiger partial charge is 0.165 e. The van der Waals surface area contributed by atoms with Gasteiger partial charge in [-0.2, -0.15) is 0 Å². The van der Waals surface area contributed by atoms with Crippen molar-refractivity contribution in [3.05, 3.63) is 58.4 Å². The number of rotatable bonds is 3. The first-order valence-corrected chi connectivity index (χ1v) is 6.39. The number of halogens is 2. The van der Waals surface area contributed by atoms with Gasteiger partial charge in [-0.3, -0.25) is 0 Å². The molecule has 0 bridgehead atoms. The van der Waals surface area contributed by atoms with Gasteiger partial charge in [-0.15, -0.1) is 0 Å². The van der Waals surface area contributed by atoms with E-state index in [0.717, 1.165) is 5.56 Å². The molecule has 0 saturated heterocycles. The summed E-state index contributed by atoms with van der Waals surface area (Å²) in [5, 5.41) is 3.03. The molecule has 0 heterocycles. The van der Waals surface area contributed by atoms with Crippen LogP contribution in [0.1, 0.15) is 11.1 Å². The van der Waals surface area contributed by atoms with Crippen molar-refractivity contribution in [2.45, 2.75) is 6.92 Å². The number of thiocarbonyl (C=S) groups is 1. The van der Waals surface area contributed by atoms with Gasteiger partial charge in [-0.25, -0.2) is 4.39 Å². The molecule has 0 amide bonds. The van der Waals surface area contributed by atoms with Crippen LogP contribution in [-0.2, 0) is 0 Å². The van der Waals surface area contributed by atoms with Crippen LogP contribution in [0, 0.1) is 12.7 Å². The molecule has 0 aliphatic rings. The normalized spacial score (nSPS) is 10.3. The van der Waals surface area contributed by atoms with Gasteiger partial charge < -0.3 is 11.1 Å². The van der Waals surface area contributed by atoms with Gasteiger partial charge in [-0.05, 0) is 31.2 Å². The topological polar surface area (TPSA) is 38.0 Å². The van der Waals surface area contributed by atoms with Gasteiger partial charge in [0.2, 0.25) is 0 Å². The molecule has 0 radical (unpaired) electrons. The largest absolute Gasteiger partial charge is 0.389 e. The van der Waals surface area contributed by atoms with E-state index in [-0.39, 0.29) is 15.7 Å². The fourth-order valence-corrected chi connectivity index (χ4v) is 2.06. The third kappa shape index (κ3) is 3.03. The molecular formula is C14H12ClFN2S. The lowest BCUT2D eigenvalue weighted by Crippen LogP contribution is -2.12. The number of aryl methyl sites for hydroxylation is 1. The summed E-state index contributed by atoms with van der Waals surface area (Å²) in [6.45, 7) is 1.94. The first-order chi connectivity index (χ1) is 8.99. The van der Waals surface area contributed by atoms with E-state index >= 15 is 0 Å². The first-order valence-electron chi connectivity index (χ1n) is 5.60. The summed E-state index contributed by atoms with van der Waals surface area (Å²) in [6.07, 6.45) is 0. The zero-order chi connectivity index (χ0) is 14.0. The number of anilines is 2. The SMILES string of the molecule is Cc1ccc(Nc2cccc(Cl)c2F)c(C(N)=S)c1. The van der Waals surface area contributed by atoms with E-state index < -0.39 is 5.82 Å². The monoisotopic (exact) mass is 294 g/mol. The van der Waals surface area contributed by atoms with Gasteiger partial charge in [-0.1, -0.05) is 41.5 Å². The van der Waals surface area contributed by atoms with Crippen molar-refractivity contribution in [2.75, 3.05) is 5.32 Å². The Morgan fingerprint density at radius 2 is 2.00 bits per heavy atom. The Balaban J connectivity index is 2.44. The van der Waals surface area contributed by atoms with Gasteiger partial charge in [0.15, 0.2) is 5.82 Å². The van der Waals surface area contributed by atoms with Crippen molar-refractivity contribution in [1.29, 1.82) is 0 Å². The number of nitrogens with two attached hydrogens (primary N) is 1. The second kappa shape index (κ2) is 5.55. The minimum Gasteiger partial charge on any atom is -0.389 e. The summed E-state index contributed by atoms with van der Waals surface area (Å²) < 4.78 is 13.8. The lowest BCUT2D eigenvalue weighted by atomic mass is 10.1.